The van der Waals surface area contributed by atoms with Crippen LogP contribution in [0.15, 0.2) is 53.2 Å². The number of pyridine rings is 1. The zero-order valence-corrected chi connectivity index (χ0v) is 21.4. The van der Waals surface area contributed by atoms with E-state index >= 15 is 0 Å². The van der Waals surface area contributed by atoms with Crippen LogP contribution in [-0.2, 0) is 20.8 Å². The van der Waals surface area contributed by atoms with Gasteiger partial charge in [-0.2, -0.15) is 0 Å². The van der Waals surface area contributed by atoms with Gasteiger partial charge in [-0.1, -0.05) is 19.4 Å². The van der Waals surface area contributed by atoms with Gasteiger partial charge in [0.2, 0.25) is 11.8 Å². The Morgan fingerprint density at radius 3 is 2.79 bits per heavy atom. The van der Waals surface area contributed by atoms with Crippen molar-refractivity contribution in [3.05, 3.63) is 60.1 Å². The highest BCUT2D eigenvalue weighted by atomic mass is 16.5. The van der Waals surface area contributed by atoms with E-state index in [1.54, 1.807) is 54.7 Å². The number of aromatic nitrogens is 1. The van der Waals surface area contributed by atoms with E-state index in [0.29, 0.717) is 42.5 Å². The number of methoxy groups -OCH3 is 1. The lowest BCUT2D eigenvalue weighted by atomic mass is 10.1. The minimum absolute atomic E-state index is 0.0224. The van der Waals surface area contributed by atoms with E-state index in [1.807, 2.05) is 13.0 Å². The van der Waals surface area contributed by atoms with Crippen molar-refractivity contribution >= 4 is 34.5 Å². The molecular weight excluding hydrogens is 488 g/mol. The van der Waals surface area contributed by atoms with E-state index in [1.165, 1.54) is 4.90 Å². The molecule has 3 unspecified atom stereocenters. The molecule has 2 aliphatic heterocycles. The summed E-state index contributed by atoms with van der Waals surface area (Å²) >= 11 is 0. The van der Waals surface area contributed by atoms with E-state index < -0.39 is 18.0 Å². The molecule has 3 aromatic rings. The quantitative estimate of drug-likeness (QED) is 0.486. The predicted molar refractivity (Wildman–Crippen MR) is 137 cm³/mol. The van der Waals surface area contributed by atoms with Crippen LogP contribution >= 0.6 is 0 Å². The molecule has 1 aromatic carbocycles. The van der Waals surface area contributed by atoms with E-state index in [0.717, 1.165) is 5.56 Å². The van der Waals surface area contributed by atoms with Gasteiger partial charge < -0.3 is 24.3 Å². The van der Waals surface area contributed by atoms with E-state index in [9.17, 15) is 19.2 Å². The molecule has 1 N–H and O–H groups in total. The van der Waals surface area contributed by atoms with E-state index in [4.69, 9.17) is 9.15 Å². The molecular formula is C28H30N4O6. The Hall–Kier alpha value is -4.21. The molecule has 2 aliphatic rings. The van der Waals surface area contributed by atoms with Crippen LogP contribution < -0.4 is 10.1 Å². The third-order valence-corrected chi connectivity index (χ3v) is 7.23. The summed E-state index contributed by atoms with van der Waals surface area (Å²) in [6.07, 6.45) is 4.99. The maximum absolute atomic E-state index is 13.6. The number of carbonyl (C=O) groups excluding carboxylic acids is 4. The largest absolute Gasteiger partial charge is 0.497 e. The first-order valence-electron chi connectivity index (χ1n) is 12.8. The van der Waals surface area contributed by atoms with Crippen LogP contribution in [0.2, 0.25) is 0 Å². The second kappa shape index (κ2) is 10.6. The summed E-state index contributed by atoms with van der Waals surface area (Å²) in [5.41, 5.74) is 1.30. The third-order valence-electron chi connectivity index (χ3n) is 7.23. The fraction of sp³-hybridized carbons (Fsp3) is 0.393. The third kappa shape index (κ3) is 4.85. The molecule has 3 atom stereocenters. The van der Waals surface area contributed by atoms with Gasteiger partial charge in [0, 0.05) is 24.3 Å². The van der Waals surface area contributed by atoms with E-state index in [-0.39, 0.29) is 42.4 Å². The number of ether oxygens (including phenoxy) is 1. The Morgan fingerprint density at radius 2 is 2.05 bits per heavy atom. The maximum atomic E-state index is 13.6. The number of rotatable bonds is 8. The maximum Gasteiger partial charge on any atom is 0.287 e. The summed E-state index contributed by atoms with van der Waals surface area (Å²) in [5.74, 6) is -0.414. The molecule has 0 bridgehead atoms. The molecule has 0 saturated carbocycles. The molecule has 4 heterocycles. The number of furan rings is 1. The molecule has 2 fully saturated rings. The van der Waals surface area contributed by atoms with Crippen LogP contribution in [-0.4, -0.2) is 76.6 Å². The minimum Gasteiger partial charge on any atom is -0.497 e. The Kier molecular flexibility index (Phi) is 7.13. The van der Waals surface area contributed by atoms with Crippen molar-refractivity contribution in [2.45, 2.75) is 50.7 Å². The number of carbonyl (C=O) groups is 4. The lowest BCUT2D eigenvalue weighted by Crippen LogP contribution is -2.52. The predicted octanol–water partition coefficient (Wildman–Crippen LogP) is 2.36. The fourth-order valence-corrected chi connectivity index (χ4v) is 5.40. The van der Waals surface area contributed by atoms with Gasteiger partial charge in [-0.15, -0.1) is 0 Å². The highest BCUT2D eigenvalue weighted by Crippen LogP contribution is 2.31. The molecule has 10 heteroatoms. The number of amides is 3. The van der Waals surface area contributed by atoms with Crippen LogP contribution in [0.5, 0.6) is 5.75 Å². The normalized spacial score (nSPS) is 19.5. The summed E-state index contributed by atoms with van der Waals surface area (Å²) in [5, 5.41) is 3.52. The molecule has 0 aliphatic carbocycles. The highest BCUT2D eigenvalue weighted by Gasteiger charge is 2.52. The SMILES string of the molecule is CCCC(NC(=O)c1cc2cc(OC)ccc2o1)C(=O)N1CCC2C1C(=O)CN2C(=O)Cc1cccnc1. The van der Waals surface area contributed by atoms with Crippen LogP contribution in [0, 0.1) is 0 Å². The Labute approximate surface area is 219 Å². The number of likely N-dealkylation sites (tertiary alicyclic amines) is 2. The van der Waals surface area contributed by atoms with Crippen LogP contribution in [0.3, 0.4) is 0 Å². The molecule has 5 rings (SSSR count). The monoisotopic (exact) mass is 518 g/mol. The number of Topliss-reactive ketones (excluding diaryl/α,β-unsaturated/α-hetero) is 1. The van der Waals surface area contributed by atoms with Gasteiger partial charge in [0.25, 0.3) is 5.91 Å². The molecule has 10 nitrogen and oxygen atoms in total. The van der Waals surface area contributed by atoms with Crippen molar-refractivity contribution in [1.82, 2.24) is 20.1 Å². The number of hydrogen-bond acceptors (Lipinski definition) is 7. The fourth-order valence-electron chi connectivity index (χ4n) is 5.40. The minimum atomic E-state index is -0.818. The van der Waals surface area contributed by atoms with Gasteiger partial charge in [-0.05, 0) is 48.7 Å². The number of hydrogen-bond donors (Lipinski definition) is 1. The molecule has 0 radical (unpaired) electrons. The van der Waals surface area contributed by atoms with Crippen molar-refractivity contribution < 1.29 is 28.3 Å². The van der Waals surface area contributed by atoms with Gasteiger partial charge in [-0.25, -0.2) is 0 Å². The molecule has 38 heavy (non-hydrogen) atoms. The first-order chi connectivity index (χ1) is 18.4. The Bertz CT molecular complexity index is 1370. The topological polar surface area (TPSA) is 122 Å². The van der Waals surface area contributed by atoms with Gasteiger partial charge in [0.15, 0.2) is 11.5 Å². The number of benzene rings is 1. The number of fused-ring (bicyclic) bond motifs is 2. The number of ketones is 1. The van der Waals surface area contributed by atoms with Crippen LogP contribution in [0.1, 0.15) is 42.3 Å². The van der Waals surface area contributed by atoms with Crippen molar-refractivity contribution in [2.24, 2.45) is 0 Å². The van der Waals surface area contributed by atoms with Gasteiger partial charge in [0.05, 0.1) is 26.1 Å². The second-order valence-electron chi connectivity index (χ2n) is 9.69. The summed E-state index contributed by atoms with van der Waals surface area (Å²) in [6.45, 7) is 2.24. The Balaban J connectivity index is 1.28. The summed E-state index contributed by atoms with van der Waals surface area (Å²) in [6, 6.07) is 8.54. The lowest BCUT2D eigenvalue weighted by molar-refractivity contribution is -0.138. The lowest BCUT2D eigenvalue weighted by Gasteiger charge is -2.28. The van der Waals surface area contributed by atoms with Crippen LogP contribution in [0.25, 0.3) is 11.0 Å². The van der Waals surface area contributed by atoms with Crippen molar-refractivity contribution in [3.63, 3.8) is 0 Å². The average molecular weight is 519 g/mol. The molecule has 0 spiro atoms. The van der Waals surface area contributed by atoms with E-state index in [2.05, 4.69) is 10.3 Å². The van der Waals surface area contributed by atoms with Crippen molar-refractivity contribution in [1.29, 1.82) is 0 Å². The zero-order valence-electron chi connectivity index (χ0n) is 21.4. The van der Waals surface area contributed by atoms with Crippen molar-refractivity contribution in [2.75, 3.05) is 20.2 Å². The summed E-state index contributed by atoms with van der Waals surface area (Å²) < 4.78 is 10.9. The summed E-state index contributed by atoms with van der Waals surface area (Å²) in [4.78, 5) is 59.8. The van der Waals surface area contributed by atoms with Gasteiger partial charge in [0.1, 0.15) is 23.4 Å². The molecule has 2 saturated heterocycles. The molecule has 3 amide bonds. The zero-order chi connectivity index (χ0) is 26.8. The number of nitrogens with zero attached hydrogens (tertiary/aromatic N) is 3. The van der Waals surface area contributed by atoms with Gasteiger partial charge in [-0.3, -0.25) is 24.2 Å². The molecule has 198 valence electrons. The Morgan fingerprint density at radius 1 is 1.21 bits per heavy atom. The van der Waals surface area contributed by atoms with Crippen LogP contribution in [0.4, 0.5) is 0 Å². The second-order valence-corrected chi connectivity index (χ2v) is 9.69. The standard InChI is InChI=1S/C28H30N4O6/c1-3-5-20(30-27(35)24-14-18-13-19(37-2)7-8-23(18)38-24)28(36)31-11-9-21-26(31)22(33)16-32(21)25(34)12-17-6-4-10-29-15-17/h4,6-8,10,13-15,20-21,26H,3,5,9,11-12,16H2,1-2H3,(H,30,35). The highest BCUT2D eigenvalue weighted by molar-refractivity contribution is 6.01. The van der Waals surface area contributed by atoms with Crippen molar-refractivity contribution in [3.8, 4) is 5.75 Å². The number of nitrogens with one attached hydrogen (secondary N) is 1. The first kappa shape index (κ1) is 25.4. The first-order valence-corrected chi connectivity index (χ1v) is 12.8. The van der Waals surface area contributed by atoms with Gasteiger partial charge >= 0.3 is 0 Å². The average Bonchev–Trinajstić information content (AvgIpc) is 3.63. The smallest absolute Gasteiger partial charge is 0.287 e. The molecule has 2 aromatic heterocycles. The summed E-state index contributed by atoms with van der Waals surface area (Å²) in [7, 11) is 1.56.